The van der Waals surface area contributed by atoms with E-state index in [-0.39, 0.29) is 0 Å². The van der Waals surface area contributed by atoms with E-state index in [9.17, 15) is 0 Å². The second kappa shape index (κ2) is 12.3. The Balaban J connectivity index is 1.30. The fourth-order valence-electron chi connectivity index (χ4n) is 3.45. The summed E-state index contributed by atoms with van der Waals surface area (Å²) in [6.45, 7) is 4.61. The number of hydrogen-bond donors (Lipinski definition) is 1. The van der Waals surface area contributed by atoms with Gasteiger partial charge in [-0.15, -0.1) is 0 Å². The lowest BCUT2D eigenvalue weighted by molar-refractivity contribution is 0.220. The fourth-order valence-corrected chi connectivity index (χ4v) is 3.64. The molecule has 0 saturated carbocycles. The van der Waals surface area contributed by atoms with Crippen molar-refractivity contribution in [3.8, 4) is 5.88 Å². The van der Waals surface area contributed by atoms with Crippen LogP contribution in [0.3, 0.4) is 0 Å². The first-order valence-electron chi connectivity index (χ1n) is 10.6. The number of piperidine rings is 1. The number of aryl methyl sites for hydroxylation is 1. The summed E-state index contributed by atoms with van der Waals surface area (Å²) in [6, 6.07) is 14.6. The van der Waals surface area contributed by atoms with Gasteiger partial charge in [-0.25, -0.2) is 4.98 Å². The van der Waals surface area contributed by atoms with E-state index in [1.54, 1.807) is 0 Å². The van der Waals surface area contributed by atoms with Crippen LogP contribution in [0.4, 0.5) is 0 Å². The van der Waals surface area contributed by atoms with Gasteiger partial charge in [-0.1, -0.05) is 55.0 Å². The normalized spacial score (nSPS) is 14.8. The van der Waals surface area contributed by atoms with Crippen molar-refractivity contribution in [2.24, 2.45) is 0 Å². The van der Waals surface area contributed by atoms with Crippen LogP contribution in [0.15, 0.2) is 60.8 Å². The average Bonchev–Trinajstić information content (AvgIpc) is 2.76. The number of pyridine rings is 1. The topological polar surface area (TPSA) is 37.4 Å². The van der Waals surface area contributed by atoms with Gasteiger partial charge in [0.15, 0.2) is 0 Å². The molecule has 1 aromatic carbocycles. The first-order valence-corrected chi connectivity index (χ1v) is 11.0. The van der Waals surface area contributed by atoms with Gasteiger partial charge < -0.3 is 10.1 Å². The van der Waals surface area contributed by atoms with E-state index >= 15 is 0 Å². The highest BCUT2D eigenvalue weighted by molar-refractivity contribution is 7.80. The molecule has 0 atom stereocenters. The number of rotatable bonds is 10. The predicted octanol–water partition coefficient (Wildman–Crippen LogP) is 4.55. The standard InChI is InChI=1S/C24H31N3OS/c29-24(12-11-21-9-3-1-4-10-21)26-14-5-8-18-28-23-19-22(13-15-25-23)20-27-16-6-2-7-17-27/h1,3-5,8-10,13,15,19H,2,6-7,11-12,14,16-18,20H2,(H,26,29)/b8-5-. The van der Waals surface area contributed by atoms with Gasteiger partial charge >= 0.3 is 0 Å². The van der Waals surface area contributed by atoms with Gasteiger partial charge in [0.25, 0.3) is 0 Å². The Morgan fingerprint density at radius 2 is 1.90 bits per heavy atom. The van der Waals surface area contributed by atoms with Crippen molar-refractivity contribution in [1.29, 1.82) is 0 Å². The van der Waals surface area contributed by atoms with Gasteiger partial charge in [0, 0.05) is 31.8 Å². The van der Waals surface area contributed by atoms with Crippen molar-refractivity contribution in [1.82, 2.24) is 15.2 Å². The van der Waals surface area contributed by atoms with E-state index in [0.717, 1.165) is 30.9 Å². The smallest absolute Gasteiger partial charge is 0.213 e. The first-order chi connectivity index (χ1) is 14.3. The number of aromatic nitrogens is 1. The Morgan fingerprint density at radius 1 is 1.07 bits per heavy atom. The molecule has 1 aromatic heterocycles. The molecular weight excluding hydrogens is 378 g/mol. The maximum absolute atomic E-state index is 5.77. The van der Waals surface area contributed by atoms with Crippen LogP contribution >= 0.6 is 12.2 Å². The molecule has 0 radical (unpaired) electrons. The molecule has 4 nitrogen and oxygen atoms in total. The lowest BCUT2D eigenvalue weighted by atomic mass is 10.1. The van der Waals surface area contributed by atoms with Gasteiger partial charge in [-0.2, -0.15) is 0 Å². The Hall–Kier alpha value is -2.24. The highest BCUT2D eigenvalue weighted by Gasteiger charge is 2.10. The number of thiocarbonyl (C=S) groups is 1. The quantitative estimate of drug-likeness (QED) is 0.460. The fraction of sp³-hybridized carbons (Fsp3) is 0.417. The Morgan fingerprint density at radius 3 is 2.72 bits per heavy atom. The monoisotopic (exact) mass is 409 g/mol. The molecule has 0 spiro atoms. The average molecular weight is 410 g/mol. The molecule has 1 aliphatic rings. The maximum atomic E-state index is 5.77. The number of nitrogens with zero attached hydrogens (tertiary/aromatic N) is 2. The minimum Gasteiger partial charge on any atom is -0.473 e. The van der Waals surface area contributed by atoms with Gasteiger partial charge in [0.1, 0.15) is 6.61 Å². The maximum Gasteiger partial charge on any atom is 0.213 e. The molecule has 154 valence electrons. The molecule has 0 bridgehead atoms. The number of likely N-dealkylation sites (tertiary alicyclic amines) is 1. The van der Waals surface area contributed by atoms with E-state index in [2.05, 4.69) is 51.6 Å². The van der Waals surface area contributed by atoms with E-state index in [4.69, 9.17) is 17.0 Å². The number of nitrogens with one attached hydrogen (secondary N) is 1. The number of ether oxygens (including phenoxy) is 1. The van der Waals surface area contributed by atoms with Crippen molar-refractivity contribution in [3.05, 3.63) is 71.9 Å². The largest absolute Gasteiger partial charge is 0.473 e. The summed E-state index contributed by atoms with van der Waals surface area (Å²) in [5.74, 6) is 0.690. The molecule has 29 heavy (non-hydrogen) atoms. The third kappa shape index (κ3) is 8.34. The van der Waals surface area contributed by atoms with Crippen molar-refractivity contribution < 1.29 is 4.74 Å². The lowest BCUT2D eigenvalue weighted by Crippen LogP contribution is -2.29. The van der Waals surface area contributed by atoms with E-state index in [0.29, 0.717) is 12.5 Å². The summed E-state index contributed by atoms with van der Waals surface area (Å²) in [5, 5.41) is 3.27. The molecule has 0 amide bonds. The molecule has 2 aromatic rings. The van der Waals surface area contributed by atoms with Gasteiger partial charge in [-0.3, -0.25) is 4.90 Å². The lowest BCUT2D eigenvalue weighted by Gasteiger charge is -2.26. The number of hydrogen-bond acceptors (Lipinski definition) is 4. The minimum atomic E-state index is 0.513. The van der Waals surface area contributed by atoms with Crippen LogP contribution in [0.25, 0.3) is 0 Å². The molecule has 1 fully saturated rings. The van der Waals surface area contributed by atoms with E-state index in [1.807, 2.05) is 24.4 Å². The van der Waals surface area contributed by atoms with Crippen LogP contribution < -0.4 is 10.1 Å². The van der Waals surface area contributed by atoms with Gasteiger partial charge in [0.05, 0.1) is 4.99 Å². The molecule has 1 aliphatic heterocycles. The molecular formula is C24H31N3OS. The first kappa shape index (κ1) is 21.5. The van der Waals surface area contributed by atoms with Crippen molar-refractivity contribution >= 4 is 17.2 Å². The van der Waals surface area contributed by atoms with Gasteiger partial charge in [-0.05, 0) is 55.6 Å². The summed E-state index contributed by atoms with van der Waals surface area (Å²) < 4.78 is 5.77. The molecule has 5 heteroatoms. The zero-order valence-electron chi connectivity index (χ0n) is 17.1. The van der Waals surface area contributed by atoms with Crippen LogP contribution in [0.5, 0.6) is 5.88 Å². The van der Waals surface area contributed by atoms with Crippen LogP contribution in [-0.4, -0.2) is 41.1 Å². The van der Waals surface area contributed by atoms with Crippen molar-refractivity contribution in [2.45, 2.75) is 38.6 Å². The zero-order valence-corrected chi connectivity index (χ0v) is 17.9. The highest BCUT2D eigenvalue weighted by Crippen LogP contribution is 2.15. The van der Waals surface area contributed by atoms with E-state index < -0.39 is 0 Å². The van der Waals surface area contributed by atoms with Crippen LogP contribution in [0, 0.1) is 0 Å². The molecule has 0 unspecified atom stereocenters. The molecule has 3 rings (SSSR count). The van der Waals surface area contributed by atoms with E-state index in [1.165, 1.54) is 43.5 Å². The number of benzene rings is 1. The van der Waals surface area contributed by atoms with Crippen LogP contribution in [-0.2, 0) is 13.0 Å². The third-order valence-corrected chi connectivity index (χ3v) is 5.40. The summed E-state index contributed by atoms with van der Waals surface area (Å²) in [7, 11) is 0. The Labute approximate surface area is 180 Å². The second-order valence-electron chi connectivity index (χ2n) is 7.41. The van der Waals surface area contributed by atoms with Crippen LogP contribution in [0.1, 0.15) is 36.8 Å². The second-order valence-corrected chi connectivity index (χ2v) is 7.90. The molecule has 0 aliphatic carbocycles. The van der Waals surface area contributed by atoms with Crippen molar-refractivity contribution in [3.63, 3.8) is 0 Å². The molecule has 1 N–H and O–H groups in total. The summed E-state index contributed by atoms with van der Waals surface area (Å²) in [4.78, 5) is 7.72. The molecule has 2 heterocycles. The zero-order chi connectivity index (χ0) is 20.2. The molecule has 1 saturated heterocycles. The van der Waals surface area contributed by atoms with Crippen LogP contribution in [0.2, 0.25) is 0 Å². The summed E-state index contributed by atoms with van der Waals surface area (Å²) >= 11 is 5.40. The predicted molar refractivity (Wildman–Crippen MR) is 123 cm³/mol. The minimum absolute atomic E-state index is 0.513. The Bertz CT molecular complexity index is 773. The third-order valence-electron chi connectivity index (χ3n) is 5.05. The SMILES string of the molecule is S=C(CCc1ccccc1)NC/C=C\COc1cc(CN2CCCCC2)ccn1. The van der Waals surface area contributed by atoms with Gasteiger partial charge in [0.2, 0.25) is 5.88 Å². The summed E-state index contributed by atoms with van der Waals surface area (Å²) in [6.07, 6.45) is 11.7. The summed E-state index contributed by atoms with van der Waals surface area (Å²) in [5.41, 5.74) is 2.59. The Kier molecular flexibility index (Phi) is 9.14. The van der Waals surface area contributed by atoms with Crippen molar-refractivity contribution in [2.75, 3.05) is 26.2 Å². The highest BCUT2D eigenvalue weighted by atomic mass is 32.1.